The third-order valence-electron chi connectivity index (χ3n) is 2.79. The fourth-order valence-electron chi connectivity index (χ4n) is 1.77. The van der Waals surface area contributed by atoms with E-state index in [4.69, 9.17) is 4.74 Å². The molecule has 0 radical (unpaired) electrons. The van der Waals surface area contributed by atoms with Crippen molar-refractivity contribution in [3.63, 3.8) is 0 Å². The van der Waals surface area contributed by atoms with E-state index in [0.717, 1.165) is 38.3 Å². The first-order valence-corrected chi connectivity index (χ1v) is 6.80. The molecule has 2 heteroatoms. The Morgan fingerprint density at radius 2 is 1.88 bits per heavy atom. The highest BCUT2D eigenvalue weighted by Crippen LogP contribution is 2.18. The molecular weight excluding hydrogens is 210 g/mol. The van der Waals surface area contributed by atoms with E-state index in [1.165, 1.54) is 18.4 Å². The maximum absolute atomic E-state index is 5.81. The van der Waals surface area contributed by atoms with Crippen molar-refractivity contribution < 1.29 is 4.74 Å². The summed E-state index contributed by atoms with van der Waals surface area (Å²) in [6.45, 7) is 7.41. The minimum absolute atomic E-state index is 0.824. The number of hydrogen-bond donors (Lipinski definition) is 1. The first-order chi connectivity index (χ1) is 8.38. The van der Waals surface area contributed by atoms with E-state index in [0.29, 0.717) is 0 Å². The summed E-state index contributed by atoms with van der Waals surface area (Å²) in [6.07, 6.45) is 4.55. The van der Waals surface area contributed by atoms with E-state index in [2.05, 4.69) is 37.4 Å². The van der Waals surface area contributed by atoms with Gasteiger partial charge in [0.2, 0.25) is 0 Å². The number of aryl methyl sites for hydroxylation is 1. The van der Waals surface area contributed by atoms with Gasteiger partial charge in [0.05, 0.1) is 6.61 Å². The Balaban J connectivity index is 2.13. The molecule has 0 aliphatic carbocycles. The van der Waals surface area contributed by atoms with Crippen LogP contribution in [0.3, 0.4) is 0 Å². The lowest BCUT2D eigenvalue weighted by molar-refractivity contribution is 0.303. The summed E-state index contributed by atoms with van der Waals surface area (Å²) in [5.41, 5.74) is 1.30. The maximum Gasteiger partial charge on any atom is 0.122 e. The SMILES string of the molecule is CCCNCCCCOc1ccccc1CC. The van der Waals surface area contributed by atoms with Crippen molar-refractivity contribution in [3.05, 3.63) is 29.8 Å². The van der Waals surface area contributed by atoms with Crippen LogP contribution < -0.4 is 10.1 Å². The summed E-state index contributed by atoms with van der Waals surface area (Å²) in [4.78, 5) is 0. The van der Waals surface area contributed by atoms with Gasteiger partial charge >= 0.3 is 0 Å². The Morgan fingerprint density at radius 3 is 2.65 bits per heavy atom. The number of hydrogen-bond acceptors (Lipinski definition) is 2. The van der Waals surface area contributed by atoms with E-state index >= 15 is 0 Å². The highest BCUT2D eigenvalue weighted by molar-refractivity contribution is 5.33. The number of unbranched alkanes of at least 4 members (excludes halogenated alkanes) is 1. The van der Waals surface area contributed by atoms with Crippen molar-refractivity contribution in [1.29, 1.82) is 0 Å². The smallest absolute Gasteiger partial charge is 0.122 e. The van der Waals surface area contributed by atoms with Crippen LogP contribution in [0.15, 0.2) is 24.3 Å². The highest BCUT2D eigenvalue weighted by atomic mass is 16.5. The van der Waals surface area contributed by atoms with Gasteiger partial charge in [-0.05, 0) is 50.4 Å². The summed E-state index contributed by atoms with van der Waals surface area (Å²) in [6, 6.07) is 8.31. The molecule has 0 aliphatic heterocycles. The number of nitrogens with one attached hydrogen (secondary N) is 1. The third kappa shape index (κ3) is 5.73. The van der Waals surface area contributed by atoms with Gasteiger partial charge in [-0.3, -0.25) is 0 Å². The quantitative estimate of drug-likeness (QED) is 0.662. The van der Waals surface area contributed by atoms with E-state index in [9.17, 15) is 0 Å². The average molecular weight is 235 g/mol. The van der Waals surface area contributed by atoms with Gasteiger partial charge in [-0.2, -0.15) is 0 Å². The lowest BCUT2D eigenvalue weighted by Crippen LogP contribution is -2.16. The predicted molar refractivity (Wildman–Crippen MR) is 73.7 cm³/mol. The van der Waals surface area contributed by atoms with E-state index < -0.39 is 0 Å². The fourth-order valence-corrected chi connectivity index (χ4v) is 1.77. The Morgan fingerprint density at radius 1 is 1.06 bits per heavy atom. The minimum Gasteiger partial charge on any atom is -0.493 e. The Kier molecular flexibility index (Phi) is 7.48. The predicted octanol–water partition coefficient (Wildman–Crippen LogP) is 3.41. The van der Waals surface area contributed by atoms with Crippen LogP contribution in [0.1, 0.15) is 38.7 Å². The zero-order valence-corrected chi connectivity index (χ0v) is 11.2. The van der Waals surface area contributed by atoms with Crippen molar-refractivity contribution in [1.82, 2.24) is 5.32 Å². The zero-order chi connectivity index (χ0) is 12.3. The van der Waals surface area contributed by atoms with Gasteiger partial charge in [0.25, 0.3) is 0 Å². The lowest BCUT2D eigenvalue weighted by Gasteiger charge is -2.10. The lowest BCUT2D eigenvalue weighted by atomic mass is 10.1. The van der Waals surface area contributed by atoms with Crippen LogP contribution in [-0.4, -0.2) is 19.7 Å². The monoisotopic (exact) mass is 235 g/mol. The van der Waals surface area contributed by atoms with Crippen molar-refractivity contribution in [3.8, 4) is 5.75 Å². The first-order valence-electron chi connectivity index (χ1n) is 6.80. The van der Waals surface area contributed by atoms with Crippen LogP contribution in [0.5, 0.6) is 5.75 Å². The molecule has 0 bridgehead atoms. The van der Waals surface area contributed by atoms with Crippen LogP contribution in [0, 0.1) is 0 Å². The van der Waals surface area contributed by atoms with E-state index in [1.807, 2.05) is 6.07 Å². The average Bonchev–Trinajstić information content (AvgIpc) is 2.38. The number of benzene rings is 1. The molecule has 0 amide bonds. The number of rotatable bonds is 9. The van der Waals surface area contributed by atoms with Crippen molar-refractivity contribution >= 4 is 0 Å². The second-order valence-electron chi connectivity index (χ2n) is 4.27. The maximum atomic E-state index is 5.81. The standard InChI is InChI=1S/C15H25NO/c1-3-11-16-12-7-8-13-17-15-10-6-5-9-14(15)4-2/h5-6,9-10,16H,3-4,7-8,11-13H2,1-2H3. The second-order valence-corrected chi connectivity index (χ2v) is 4.27. The topological polar surface area (TPSA) is 21.3 Å². The van der Waals surface area contributed by atoms with Gasteiger partial charge in [0.1, 0.15) is 5.75 Å². The van der Waals surface area contributed by atoms with Gasteiger partial charge in [-0.25, -0.2) is 0 Å². The molecule has 0 saturated heterocycles. The Labute approximate surface area is 105 Å². The van der Waals surface area contributed by atoms with Gasteiger partial charge in [0.15, 0.2) is 0 Å². The highest BCUT2D eigenvalue weighted by Gasteiger charge is 1.99. The minimum atomic E-state index is 0.824. The first kappa shape index (κ1) is 14.0. The van der Waals surface area contributed by atoms with Crippen LogP contribution in [0.25, 0.3) is 0 Å². The molecule has 1 N–H and O–H groups in total. The molecule has 1 aromatic rings. The van der Waals surface area contributed by atoms with Crippen molar-refractivity contribution in [2.24, 2.45) is 0 Å². The zero-order valence-electron chi connectivity index (χ0n) is 11.2. The number of ether oxygens (including phenoxy) is 1. The Hall–Kier alpha value is -1.02. The molecule has 0 aromatic heterocycles. The van der Waals surface area contributed by atoms with Crippen LogP contribution in [0.4, 0.5) is 0 Å². The molecule has 0 fully saturated rings. The van der Waals surface area contributed by atoms with Crippen LogP contribution in [-0.2, 0) is 6.42 Å². The summed E-state index contributed by atoms with van der Waals surface area (Å²) in [5.74, 6) is 1.05. The van der Waals surface area contributed by atoms with Gasteiger partial charge in [-0.1, -0.05) is 32.0 Å². The second kappa shape index (κ2) is 9.06. The molecule has 96 valence electrons. The molecule has 1 rings (SSSR count). The molecule has 0 atom stereocenters. The summed E-state index contributed by atoms with van der Waals surface area (Å²) >= 11 is 0. The molecule has 17 heavy (non-hydrogen) atoms. The largest absolute Gasteiger partial charge is 0.493 e. The molecule has 0 saturated carbocycles. The van der Waals surface area contributed by atoms with Crippen molar-refractivity contribution in [2.45, 2.75) is 39.5 Å². The fraction of sp³-hybridized carbons (Fsp3) is 0.600. The summed E-state index contributed by atoms with van der Waals surface area (Å²) in [7, 11) is 0. The molecular formula is C15H25NO. The normalized spacial score (nSPS) is 10.5. The van der Waals surface area contributed by atoms with Crippen LogP contribution in [0.2, 0.25) is 0 Å². The van der Waals surface area contributed by atoms with Gasteiger partial charge in [-0.15, -0.1) is 0 Å². The Bertz CT molecular complexity index is 299. The van der Waals surface area contributed by atoms with E-state index in [1.54, 1.807) is 0 Å². The van der Waals surface area contributed by atoms with Gasteiger partial charge in [0, 0.05) is 0 Å². The van der Waals surface area contributed by atoms with Crippen LogP contribution >= 0.6 is 0 Å². The summed E-state index contributed by atoms with van der Waals surface area (Å²) < 4.78 is 5.81. The molecule has 0 unspecified atom stereocenters. The van der Waals surface area contributed by atoms with E-state index in [-0.39, 0.29) is 0 Å². The third-order valence-corrected chi connectivity index (χ3v) is 2.79. The summed E-state index contributed by atoms with van der Waals surface area (Å²) in [5, 5.41) is 3.40. The molecule has 1 aromatic carbocycles. The van der Waals surface area contributed by atoms with Gasteiger partial charge < -0.3 is 10.1 Å². The molecule has 0 aliphatic rings. The van der Waals surface area contributed by atoms with Crippen molar-refractivity contribution in [2.75, 3.05) is 19.7 Å². The molecule has 0 heterocycles. The molecule has 0 spiro atoms. The number of para-hydroxylation sites is 1. The molecule has 2 nitrogen and oxygen atoms in total.